The maximum atomic E-state index is 11.8. The lowest BCUT2D eigenvalue weighted by Gasteiger charge is -2.48. The number of Topliss-reactive ketones (excluding diaryl/α,β-unsaturated/α-hetero) is 1. The number of carbonyl (C=O) groups is 1. The van der Waals surface area contributed by atoms with E-state index < -0.39 is 0 Å². The van der Waals surface area contributed by atoms with E-state index in [4.69, 9.17) is 0 Å². The van der Waals surface area contributed by atoms with Gasteiger partial charge in [0.15, 0.2) is 0 Å². The van der Waals surface area contributed by atoms with E-state index in [-0.39, 0.29) is 0 Å². The van der Waals surface area contributed by atoms with Gasteiger partial charge in [-0.25, -0.2) is 0 Å². The van der Waals surface area contributed by atoms with Crippen LogP contribution in [0.4, 0.5) is 0 Å². The molecule has 2 rings (SSSR count). The molecule has 0 amide bonds. The summed E-state index contributed by atoms with van der Waals surface area (Å²) in [5, 5.41) is 0. The highest BCUT2D eigenvalue weighted by Crippen LogP contribution is 2.36. The second-order valence-corrected chi connectivity index (χ2v) is 7.48. The van der Waals surface area contributed by atoms with Crippen LogP contribution in [0.5, 0.6) is 0 Å². The van der Waals surface area contributed by atoms with Gasteiger partial charge in [-0.3, -0.25) is 9.69 Å². The highest BCUT2D eigenvalue weighted by atomic mass is 16.1. The highest BCUT2D eigenvalue weighted by molar-refractivity contribution is 5.80. The Hall–Kier alpha value is -0.370. The summed E-state index contributed by atoms with van der Waals surface area (Å²) in [6.45, 7) is 8.29. The smallest absolute Gasteiger partial charge is 0.136 e. The lowest BCUT2D eigenvalue weighted by atomic mass is 9.79. The van der Waals surface area contributed by atoms with Gasteiger partial charge in [-0.2, -0.15) is 0 Å². The predicted molar refractivity (Wildman–Crippen MR) is 80.3 cm³/mol. The zero-order valence-electron chi connectivity index (χ0n) is 13.1. The molecule has 110 valence electrons. The summed E-state index contributed by atoms with van der Waals surface area (Å²) in [6, 6.07) is 1.12. The highest BCUT2D eigenvalue weighted by Gasteiger charge is 2.39. The zero-order valence-corrected chi connectivity index (χ0v) is 13.1. The molecule has 0 aromatic carbocycles. The molecule has 2 unspecified atom stereocenters. The lowest BCUT2D eigenvalue weighted by Crippen LogP contribution is -2.54. The Morgan fingerprint density at radius 3 is 2.37 bits per heavy atom. The van der Waals surface area contributed by atoms with E-state index in [1.54, 1.807) is 0 Å². The number of unbranched alkanes of at least 4 members (excludes halogenated alkanes) is 2. The largest absolute Gasteiger partial charge is 0.300 e. The van der Waals surface area contributed by atoms with E-state index in [0.717, 1.165) is 12.8 Å². The van der Waals surface area contributed by atoms with Crippen LogP contribution < -0.4 is 0 Å². The van der Waals surface area contributed by atoms with Crippen molar-refractivity contribution < 1.29 is 4.79 Å². The van der Waals surface area contributed by atoms with Gasteiger partial charge in [0.1, 0.15) is 5.78 Å². The van der Waals surface area contributed by atoms with Crippen molar-refractivity contribution in [3.05, 3.63) is 0 Å². The van der Waals surface area contributed by atoms with Crippen LogP contribution in [-0.2, 0) is 4.79 Å². The topological polar surface area (TPSA) is 20.3 Å². The average Bonchev–Trinajstić information content (AvgIpc) is 2.30. The second-order valence-electron chi connectivity index (χ2n) is 7.48. The fourth-order valence-electron chi connectivity index (χ4n) is 3.95. The Bertz CT molecular complexity index is 294. The molecule has 2 bridgehead atoms. The molecule has 2 heterocycles. The number of hydrogen-bond acceptors (Lipinski definition) is 2. The Morgan fingerprint density at radius 2 is 1.79 bits per heavy atom. The first-order valence-electron chi connectivity index (χ1n) is 8.29. The van der Waals surface area contributed by atoms with Crippen molar-refractivity contribution in [1.82, 2.24) is 4.90 Å². The summed E-state index contributed by atoms with van der Waals surface area (Å²) >= 11 is 0. The predicted octanol–water partition coefficient (Wildman–Crippen LogP) is 4.18. The SMILES string of the molecule is CCCCCC(C)(C)CN1C2CCCC1CC(=O)C2. The van der Waals surface area contributed by atoms with Gasteiger partial charge in [0, 0.05) is 31.5 Å². The number of nitrogens with zero attached hydrogens (tertiary/aromatic N) is 1. The maximum Gasteiger partial charge on any atom is 0.136 e. The molecular formula is C17H31NO. The van der Waals surface area contributed by atoms with E-state index in [1.807, 2.05) is 0 Å². The lowest BCUT2D eigenvalue weighted by molar-refractivity contribution is -0.128. The zero-order chi connectivity index (χ0) is 13.9. The molecule has 19 heavy (non-hydrogen) atoms. The first-order valence-corrected chi connectivity index (χ1v) is 8.29. The molecule has 2 aliphatic heterocycles. The molecule has 0 radical (unpaired) electrons. The summed E-state index contributed by atoms with van der Waals surface area (Å²) in [6.07, 6.45) is 10.8. The van der Waals surface area contributed by atoms with Crippen LogP contribution in [0, 0.1) is 5.41 Å². The number of rotatable bonds is 6. The minimum Gasteiger partial charge on any atom is -0.300 e. The Morgan fingerprint density at radius 1 is 1.16 bits per heavy atom. The Kier molecular flexibility index (Phi) is 5.05. The quantitative estimate of drug-likeness (QED) is 0.672. The van der Waals surface area contributed by atoms with Crippen LogP contribution >= 0.6 is 0 Å². The molecule has 0 saturated carbocycles. The average molecular weight is 265 g/mol. The van der Waals surface area contributed by atoms with Crippen LogP contribution in [0.2, 0.25) is 0 Å². The summed E-state index contributed by atoms with van der Waals surface area (Å²) in [5.74, 6) is 0.509. The van der Waals surface area contributed by atoms with Gasteiger partial charge in [-0.15, -0.1) is 0 Å². The molecule has 2 aliphatic rings. The first kappa shape index (κ1) is 15.0. The summed E-state index contributed by atoms with van der Waals surface area (Å²) in [7, 11) is 0. The first-order chi connectivity index (χ1) is 9.02. The van der Waals surface area contributed by atoms with Gasteiger partial charge in [-0.05, 0) is 24.7 Å². The molecule has 2 saturated heterocycles. The van der Waals surface area contributed by atoms with Gasteiger partial charge in [0.2, 0.25) is 0 Å². The van der Waals surface area contributed by atoms with Crippen molar-refractivity contribution in [2.45, 2.75) is 90.6 Å². The van der Waals surface area contributed by atoms with Crippen molar-refractivity contribution in [3.8, 4) is 0 Å². The number of carbonyl (C=O) groups excluding carboxylic acids is 1. The molecule has 2 heteroatoms. The summed E-state index contributed by atoms with van der Waals surface area (Å²) < 4.78 is 0. The number of ketones is 1. The Balaban J connectivity index is 1.91. The van der Waals surface area contributed by atoms with Gasteiger partial charge in [0.05, 0.1) is 0 Å². The van der Waals surface area contributed by atoms with Crippen molar-refractivity contribution in [3.63, 3.8) is 0 Å². The number of fused-ring (bicyclic) bond motifs is 2. The third kappa shape index (κ3) is 4.05. The molecule has 2 fully saturated rings. The molecule has 0 aliphatic carbocycles. The standard InChI is InChI=1S/C17H31NO/c1-4-5-6-10-17(2,3)13-18-14-8-7-9-15(18)12-16(19)11-14/h14-15H,4-13H2,1-3H3. The van der Waals surface area contributed by atoms with Crippen molar-refractivity contribution in [1.29, 1.82) is 0 Å². The van der Waals surface area contributed by atoms with E-state index >= 15 is 0 Å². The van der Waals surface area contributed by atoms with Crippen molar-refractivity contribution >= 4 is 5.78 Å². The fourth-order valence-corrected chi connectivity index (χ4v) is 3.95. The molecule has 0 aromatic rings. The normalized spacial score (nSPS) is 28.7. The Labute approximate surface area is 118 Å². The van der Waals surface area contributed by atoms with Gasteiger partial charge < -0.3 is 0 Å². The van der Waals surface area contributed by atoms with Gasteiger partial charge in [-0.1, -0.05) is 46.5 Å². The molecule has 2 nitrogen and oxygen atoms in total. The van der Waals surface area contributed by atoms with Crippen LogP contribution in [0.25, 0.3) is 0 Å². The molecule has 0 N–H and O–H groups in total. The van der Waals surface area contributed by atoms with Gasteiger partial charge >= 0.3 is 0 Å². The molecule has 0 aromatic heterocycles. The van der Waals surface area contributed by atoms with E-state index in [2.05, 4.69) is 25.7 Å². The summed E-state index contributed by atoms with van der Waals surface area (Å²) in [4.78, 5) is 14.5. The van der Waals surface area contributed by atoms with Crippen LogP contribution in [0.15, 0.2) is 0 Å². The van der Waals surface area contributed by atoms with Crippen LogP contribution in [-0.4, -0.2) is 29.3 Å². The number of hydrogen-bond donors (Lipinski definition) is 0. The van der Waals surface area contributed by atoms with Crippen molar-refractivity contribution in [2.24, 2.45) is 5.41 Å². The third-order valence-electron chi connectivity index (χ3n) is 5.01. The monoisotopic (exact) mass is 265 g/mol. The minimum atomic E-state index is 0.406. The second kappa shape index (κ2) is 6.39. The van der Waals surface area contributed by atoms with E-state index in [1.165, 1.54) is 51.5 Å². The molecular weight excluding hydrogens is 234 g/mol. The number of piperidine rings is 2. The molecule has 2 atom stereocenters. The summed E-state index contributed by atoms with van der Waals surface area (Å²) in [5.41, 5.74) is 0.406. The minimum absolute atomic E-state index is 0.406. The van der Waals surface area contributed by atoms with Crippen LogP contribution in [0.3, 0.4) is 0 Å². The fraction of sp³-hybridized carbons (Fsp3) is 0.941. The maximum absolute atomic E-state index is 11.8. The van der Waals surface area contributed by atoms with Crippen LogP contribution in [0.1, 0.15) is 78.6 Å². The third-order valence-corrected chi connectivity index (χ3v) is 5.01. The van der Waals surface area contributed by atoms with E-state index in [9.17, 15) is 4.79 Å². The molecule has 0 spiro atoms. The van der Waals surface area contributed by atoms with E-state index in [0.29, 0.717) is 23.3 Å². The van der Waals surface area contributed by atoms with Gasteiger partial charge in [0.25, 0.3) is 0 Å². The van der Waals surface area contributed by atoms with Crippen molar-refractivity contribution in [2.75, 3.05) is 6.54 Å².